The SMILES string of the molecule is Cc1cc(-c2nnc(SCC(=O)O)o2)ccn1. The third-order valence-electron chi connectivity index (χ3n) is 1.87. The predicted octanol–water partition coefficient (Wildman–Crippen LogP) is 1.62. The van der Waals surface area contributed by atoms with E-state index in [1.54, 1.807) is 12.3 Å². The van der Waals surface area contributed by atoms with Crippen molar-refractivity contribution >= 4 is 17.7 Å². The van der Waals surface area contributed by atoms with Crippen LogP contribution in [0, 0.1) is 6.92 Å². The van der Waals surface area contributed by atoms with E-state index in [4.69, 9.17) is 9.52 Å². The molecule has 0 amide bonds. The first kappa shape index (κ1) is 11.6. The van der Waals surface area contributed by atoms with Crippen molar-refractivity contribution in [2.24, 2.45) is 0 Å². The van der Waals surface area contributed by atoms with E-state index in [1.165, 1.54) is 0 Å². The number of carboxylic acid groups (broad SMARTS) is 1. The second-order valence-electron chi connectivity index (χ2n) is 3.24. The molecule has 0 spiro atoms. The Morgan fingerprint density at radius 2 is 2.35 bits per heavy atom. The third kappa shape index (κ3) is 3.04. The number of carbonyl (C=O) groups is 1. The van der Waals surface area contributed by atoms with Crippen molar-refractivity contribution in [1.29, 1.82) is 0 Å². The molecule has 88 valence electrons. The highest BCUT2D eigenvalue weighted by Crippen LogP contribution is 2.22. The molecule has 7 heteroatoms. The fourth-order valence-corrected chi connectivity index (χ4v) is 1.67. The molecule has 0 saturated carbocycles. The van der Waals surface area contributed by atoms with Crippen molar-refractivity contribution in [3.63, 3.8) is 0 Å². The molecule has 0 aliphatic carbocycles. The second-order valence-corrected chi connectivity index (χ2v) is 4.17. The average molecular weight is 251 g/mol. The molecule has 2 heterocycles. The molecular formula is C10H9N3O3S. The molecule has 0 bridgehead atoms. The molecule has 0 fully saturated rings. The van der Waals surface area contributed by atoms with Gasteiger partial charge >= 0.3 is 5.97 Å². The van der Waals surface area contributed by atoms with Crippen LogP contribution in [-0.4, -0.2) is 32.0 Å². The Kier molecular flexibility index (Phi) is 3.38. The summed E-state index contributed by atoms with van der Waals surface area (Å²) in [6.45, 7) is 1.86. The van der Waals surface area contributed by atoms with Gasteiger partial charge < -0.3 is 9.52 Å². The first-order chi connectivity index (χ1) is 8.15. The molecule has 0 saturated heterocycles. The Balaban J connectivity index is 2.15. The van der Waals surface area contributed by atoms with Gasteiger partial charge in [0.15, 0.2) is 0 Å². The Bertz CT molecular complexity index is 541. The number of rotatable bonds is 4. The minimum absolute atomic E-state index is 0.100. The Morgan fingerprint density at radius 3 is 3.06 bits per heavy atom. The molecule has 1 N–H and O–H groups in total. The maximum Gasteiger partial charge on any atom is 0.314 e. The molecule has 2 aromatic rings. The van der Waals surface area contributed by atoms with E-state index in [0.29, 0.717) is 5.89 Å². The largest absolute Gasteiger partial charge is 0.481 e. The number of pyridine rings is 1. The molecule has 0 unspecified atom stereocenters. The maximum absolute atomic E-state index is 10.4. The first-order valence-corrected chi connectivity index (χ1v) is 5.75. The number of thioether (sulfide) groups is 1. The standard InChI is InChI=1S/C10H9N3O3S/c1-6-4-7(2-3-11-6)9-12-13-10(16-9)17-5-8(14)15/h2-4H,5H2,1H3,(H,14,15). The van der Waals surface area contributed by atoms with Gasteiger partial charge in [-0.15, -0.1) is 10.2 Å². The van der Waals surface area contributed by atoms with Crippen LogP contribution >= 0.6 is 11.8 Å². The lowest BCUT2D eigenvalue weighted by atomic mass is 10.2. The summed E-state index contributed by atoms with van der Waals surface area (Å²) in [4.78, 5) is 14.4. The van der Waals surface area contributed by atoms with E-state index >= 15 is 0 Å². The smallest absolute Gasteiger partial charge is 0.314 e. The first-order valence-electron chi connectivity index (χ1n) is 4.76. The van der Waals surface area contributed by atoms with Gasteiger partial charge in [0.25, 0.3) is 5.22 Å². The van der Waals surface area contributed by atoms with Crippen molar-refractivity contribution < 1.29 is 14.3 Å². The molecule has 0 aliphatic heterocycles. The van der Waals surface area contributed by atoms with Crippen LogP contribution in [-0.2, 0) is 4.79 Å². The van der Waals surface area contributed by atoms with Crippen LogP contribution in [0.2, 0.25) is 0 Å². The molecule has 6 nitrogen and oxygen atoms in total. The van der Waals surface area contributed by atoms with Crippen molar-refractivity contribution in [2.75, 3.05) is 5.75 Å². The van der Waals surface area contributed by atoms with Gasteiger partial charge in [0.1, 0.15) is 5.75 Å². The zero-order valence-corrected chi connectivity index (χ0v) is 9.77. The fraction of sp³-hybridized carbons (Fsp3) is 0.200. The van der Waals surface area contributed by atoms with Gasteiger partial charge in [-0.25, -0.2) is 0 Å². The van der Waals surface area contributed by atoms with Crippen LogP contribution in [0.4, 0.5) is 0 Å². The van der Waals surface area contributed by atoms with Gasteiger partial charge in [-0.05, 0) is 19.1 Å². The van der Waals surface area contributed by atoms with E-state index < -0.39 is 5.97 Å². The lowest BCUT2D eigenvalue weighted by Crippen LogP contribution is -1.97. The van der Waals surface area contributed by atoms with Crippen LogP contribution in [0.3, 0.4) is 0 Å². The highest BCUT2D eigenvalue weighted by atomic mass is 32.2. The summed E-state index contributed by atoms with van der Waals surface area (Å²) in [5.74, 6) is -0.658. The zero-order valence-electron chi connectivity index (χ0n) is 8.95. The molecule has 0 radical (unpaired) electrons. The van der Waals surface area contributed by atoms with Gasteiger partial charge in [0.05, 0.1) is 0 Å². The van der Waals surface area contributed by atoms with Gasteiger partial charge in [-0.3, -0.25) is 9.78 Å². The molecule has 2 aromatic heterocycles. The number of carboxylic acids is 1. The predicted molar refractivity (Wildman–Crippen MR) is 60.6 cm³/mol. The van der Waals surface area contributed by atoms with Crippen molar-refractivity contribution in [3.8, 4) is 11.5 Å². The lowest BCUT2D eigenvalue weighted by Gasteiger charge is -1.95. The normalized spacial score (nSPS) is 10.4. The summed E-state index contributed by atoms with van der Waals surface area (Å²) in [7, 11) is 0. The summed E-state index contributed by atoms with van der Waals surface area (Å²) >= 11 is 0.993. The molecule has 2 rings (SSSR count). The van der Waals surface area contributed by atoms with Crippen molar-refractivity contribution in [2.45, 2.75) is 12.1 Å². The summed E-state index contributed by atoms with van der Waals surface area (Å²) in [6, 6.07) is 3.57. The average Bonchev–Trinajstić information content (AvgIpc) is 2.75. The van der Waals surface area contributed by atoms with E-state index in [9.17, 15) is 4.79 Å². The topological polar surface area (TPSA) is 89.1 Å². The summed E-state index contributed by atoms with van der Waals surface area (Å²) < 4.78 is 5.32. The van der Waals surface area contributed by atoms with Crippen molar-refractivity contribution in [3.05, 3.63) is 24.0 Å². The Labute approximate surface area is 101 Å². The highest BCUT2D eigenvalue weighted by molar-refractivity contribution is 7.99. The quantitative estimate of drug-likeness (QED) is 0.825. The number of aromatic nitrogens is 3. The van der Waals surface area contributed by atoms with E-state index in [0.717, 1.165) is 23.0 Å². The van der Waals surface area contributed by atoms with E-state index in [-0.39, 0.29) is 11.0 Å². The number of hydrogen-bond acceptors (Lipinski definition) is 6. The molecule has 17 heavy (non-hydrogen) atoms. The zero-order chi connectivity index (χ0) is 12.3. The summed E-state index contributed by atoms with van der Waals surface area (Å²) in [5.41, 5.74) is 1.62. The second kappa shape index (κ2) is 4.96. The minimum Gasteiger partial charge on any atom is -0.481 e. The molecule has 0 aliphatic rings. The van der Waals surface area contributed by atoms with Crippen LogP contribution in [0.25, 0.3) is 11.5 Å². The molecule has 0 aromatic carbocycles. The highest BCUT2D eigenvalue weighted by Gasteiger charge is 2.10. The lowest BCUT2D eigenvalue weighted by molar-refractivity contribution is -0.133. The van der Waals surface area contributed by atoms with Crippen LogP contribution in [0.15, 0.2) is 28.0 Å². The Hall–Kier alpha value is -1.89. The fourth-order valence-electron chi connectivity index (χ4n) is 1.19. The maximum atomic E-state index is 10.4. The van der Waals surface area contributed by atoms with Crippen LogP contribution in [0.5, 0.6) is 0 Å². The minimum atomic E-state index is -0.922. The number of aliphatic carboxylic acids is 1. The monoisotopic (exact) mass is 251 g/mol. The van der Waals surface area contributed by atoms with Crippen LogP contribution < -0.4 is 0 Å². The summed E-state index contributed by atoms with van der Waals surface area (Å²) in [6.07, 6.45) is 1.65. The van der Waals surface area contributed by atoms with E-state index in [1.807, 2.05) is 13.0 Å². The van der Waals surface area contributed by atoms with E-state index in [2.05, 4.69) is 15.2 Å². The molecular weight excluding hydrogens is 242 g/mol. The van der Waals surface area contributed by atoms with Gasteiger partial charge in [0, 0.05) is 17.5 Å². The van der Waals surface area contributed by atoms with Gasteiger partial charge in [0.2, 0.25) is 5.89 Å². The number of nitrogens with zero attached hydrogens (tertiary/aromatic N) is 3. The third-order valence-corrected chi connectivity index (χ3v) is 2.67. The van der Waals surface area contributed by atoms with Gasteiger partial charge in [-0.1, -0.05) is 11.8 Å². The number of hydrogen-bond donors (Lipinski definition) is 1. The van der Waals surface area contributed by atoms with Crippen molar-refractivity contribution in [1.82, 2.24) is 15.2 Å². The molecule has 0 atom stereocenters. The summed E-state index contributed by atoms with van der Waals surface area (Å²) in [5, 5.41) is 16.4. The van der Waals surface area contributed by atoms with Gasteiger partial charge in [-0.2, -0.15) is 0 Å². The Morgan fingerprint density at radius 1 is 1.53 bits per heavy atom. The van der Waals surface area contributed by atoms with Crippen LogP contribution in [0.1, 0.15) is 5.69 Å². The number of aryl methyl sites for hydroxylation is 1.